The largest absolute Gasteiger partial charge is 0.489 e. The van der Waals surface area contributed by atoms with Crippen LogP contribution in [0.25, 0.3) is 0 Å². The van der Waals surface area contributed by atoms with Crippen molar-refractivity contribution in [1.82, 2.24) is 4.90 Å². The molecule has 1 aliphatic rings. The van der Waals surface area contributed by atoms with Crippen molar-refractivity contribution in [3.05, 3.63) is 64.7 Å². The van der Waals surface area contributed by atoms with Gasteiger partial charge in [-0.05, 0) is 29.8 Å². The molecule has 1 amide bonds. The first-order valence-electron chi connectivity index (χ1n) is 6.68. The van der Waals surface area contributed by atoms with Crippen LogP contribution in [0.3, 0.4) is 0 Å². The molecule has 3 rings (SSSR count). The average molecular weight is 278 g/mol. The van der Waals surface area contributed by atoms with Crippen molar-refractivity contribution in [1.29, 1.82) is 5.26 Å². The van der Waals surface area contributed by atoms with Gasteiger partial charge in [0.05, 0.1) is 11.6 Å². The Hall–Kier alpha value is -2.80. The third-order valence-corrected chi connectivity index (χ3v) is 3.59. The standard InChI is InChI=1S/C17H14N2O2/c1-19-10-14-8-15(6-7-16(14)17(19)20)21-11-13-5-3-2-4-12(13)9-18/h2-8H,10-11H2,1H3. The minimum atomic E-state index is 0.0476. The molecule has 4 nitrogen and oxygen atoms in total. The molecule has 21 heavy (non-hydrogen) atoms. The van der Waals surface area contributed by atoms with Gasteiger partial charge in [-0.3, -0.25) is 4.79 Å². The van der Waals surface area contributed by atoms with Crippen molar-refractivity contribution in [3.63, 3.8) is 0 Å². The number of carbonyl (C=O) groups excluding carboxylic acids is 1. The van der Waals surface area contributed by atoms with E-state index in [2.05, 4.69) is 6.07 Å². The van der Waals surface area contributed by atoms with Gasteiger partial charge in [-0.25, -0.2) is 0 Å². The van der Waals surface area contributed by atoms with Gasteiger partial charge in [0.1, 0.15) is 12.4 Å². The molecule has 0 fully saturated rings. The van der Waals surface area contributed by atoms with Crippen molar-refractivity contribution in [3.8, 4) is 11.8 Å². The van der Waals surface area contributed by atoms with Gasteiger partial charge in [0.25, 0.3) is 5.91 Å². The number of fused-ring (bicyclic) bond motifs is 1. The van der Waals surface area contributed by atoms with E-state index in [1.54, 1.807) is 30.1 Å². The Morgan fingerprint density at radius 3 is 2.90 bits per heavy atom. The SMILES string of the molecule is CN1Cc2cc(OCc3ccccc3C#N)ccc2C1=O. The fraction of sp³-hybridized carbons (Fsp3) is 0.176. The van der Waals surface area contributed by atoms with Crippen LogP contribution < -0.4 is 4.74 Å². The minimum absolute atomic E-state index is 0.0476. The number of benzene rings is 2. The Balaban J connectivity index is 1.77. The van der Waals surface area contributed by atoms with Crippen molar-refractivity contribution < 1.29 is 9.53 Å². The summed E-state index contributed by atoms with van der Waals surface area (Å²) in [5.74, 6) is 0.760. The molecule has 0 radical (unpaired) electrons. The van der Waals surface area contributed by atoms with Crippen molar-refractivity contribution in [2.75, 3.05) is 7.05 Å². The van der Waals surface area contributed by atoms with E-state index in [9.17, 15) is 4.79 Å². The normalized spacial score (nSPS) is 13.0. The van der Waals surface area contributed by atoms with Crippen LogP contribution in [-0.4, -0.2) is 17.9 Å². The summed E-state index contributed by atoms with van der Waals surface area (Å²) in [5.41, 5.74) is 3.19. The number of hydrogen-bond acceptors (Lipinski definition) is 3. The van der Waals surface area contributed by atoms with Gasteiger partial charge in [-0.2, -0.15) is 5.26 Å². The topological polar surface area (TPSA) is 53.3 Å². The van der Waals surface area contributed by atoms with E-state index in [4.69, 9.17) is 10.00 Å². The Morgan fingerprint density at radius 1 is 1.29 bits per heavy atom. The van der Waals surface area contributed by atoms with E-state index >= 15 is 0 Å². The lowest BCUT2D eigenvalue weighted by atomic mass is 10.1. The fourth-order valence-corrected chi connectivity index (χ4v) is 2.45. The lowest BCUT2D eigenvalue weighted by Gasteiger charge is -2.08. The van der Waals surface area contributed by atoms with Crippen molar-refractivity contribution in [2.45, 2.75) is 13.2 Å². The quantitative estimate of drug-likeness (QED) is 0.867. The highest BCUT2D eigenvalue weighted by Crippen LogP contribution is 2.26. The third-order valence-electron chi connectivity index (χ3n) is 3.59. The molecular weight excluding hydrogens is 264 g/mol. The van der Waals surface area contributed by atoms with E-state index in [0.29, 0.717) is 24.5 Å². The molecule has 2 aromatic carbocycles. The van der Waals surface area contributed by atoms with Crippen LogP contribution in [0.4, 0.5) is 0 Å². The molecule has 1 heterocycles. The molecule has 0 bridgehead atoms. The summed E-state index contributed by atoms with van der Waals surface area (Å²) in [4.78, 5) is 13.5. The molecular formula is C17H14N2O2. The Bertz CT molecular complexity index is 747. The molecule has 4 heteroatoms. The van der Waals surface area contributed by atoms with Gasteiger partial charge < -0.3 is 9.64 Å². The zero-order valence-corrected chi connectivity index (χ0v) is 11.7. The summed E-state index contributed by atoms with van der Waals surface area (Å²) in [5, 5.41) is 9.05. The van der Waals surface area contributed by atoms with Crippen LogP contribution in [0.1, 0.15) is 27.0 Å². The molecule has 2 aromatic rings. The second kappa shape index (κ2) is 5.29. The molecule has 0 saturated heterocycles. The summed E-state index contributed by atoms with van der Waals surface area (Å²) >= 11 is 0. The van der Waals surface area contributed by atoms with Crippen molar-refractivity contribution >= 4 is 5.91 Å². The average Bonchev–Trinajstić information content (AvgIpc) is 2.80. The molecule has 1 aliphatic heterocycles. The maximum absolute atomic E-state index is 11.8. The number of rotatable bonds is 3. The first-order valence-corrected chi connectivity index (χ1v) is 6.68. The van der Waals surface area contributed by atoms with E-state index < -0.39 is 0 Å². The molecule has 0 aromatic heterocycles. The molecule has 0 atom stereocenters. The zero-order chi connectivity index (χ0) is 14.8. The molecule has 0 unspecified atom stereocenters. The highest BCUT2D eigenvalue weighted by Gasteiger charge is 2.24. The summed E-state index contributed by atoms with van der Waals surface area (Å²) < 4.78 is 5.75. The molecule has 0 aliphatic carbocycles. The summed E-state index contributed by atoms with van der Waals surface area (Å²) in [6.07, 6.45) is 0. The maximum Gasteiger partial charge on any atom is 0.254 e. The Morgan fingerprint density at radius 2 is 2.10 bits per heavy atom. The third kappa shape index (κ3) is 2.46. The first kappa shape index (κ1) is 13.2. The van der Waals surface area contributed by atoms with Gasteiger partial charge in [-0.1, -0.05) is 18.2 Å². The number of nitrogens with zero attached hydrogens (tertiary/aromatic N) is 2. The zero-order valence-electron chi connectivity index (χ0n) is 11.7. The van der Waals surface area contributed by atoms with Crippen LogP contribution in [0.2, 0.25) is 0 Å². The van der Waals surface area contributed by atoms with E-state index in [1.165, 1.54) is 0 Å². The maximum atomic E-state index is 11.8. The van der Waals surface area contributed by atoms with Crippen LogP contribution >= 0.6 is 0 Å². The monoisotopic (exact) mass is 278 g/mol. The molecule has 0 N–H and O–H groups in total. The van der Waals surface area contributed by atoms with Gasteiger partial charge in [0.2, 0.25) is 0 Å². The molecule has 104 valence electrons. The minimum Gasteiger partial charge on any atom is -0.489 e. The van der Waals surface area contributed by atoms with E-state index in [-0.39, 0.29) is 5.91 Å². The first-order chi connectivity index (χ1) is 10.2. The molecule has 0 saturated carbocycles. The van der Waals surface area contributed by atoms with Gasteiger partial charge in [-0.15, -0.1) is 0 Å². The van der Waals surface area contributed by atoms with E-state index in [1.807, 2.05) is 24.3 Å². The van der Waals surface area contributed by atoms with E-state index in [0.717, 1.165) is 16.7 Å². The summed E-state index contributed by atoms with van der Waals surface area (Å²) in [7, 11) is 1.78. The van der Waals surface area contributed by atoms with Gasteiger partial charge in [0.15, 0.2) is 0 Å². The van der Waals surface area contributed by atoms with Crippen molar-refractivity contribution in [2.24, 2.45) is 0 Å². The highest BCUT2D eigenvalue weighted by molar-refractivity contribution is 5.98. The Kier molecular flexibility index (Phi) is 3.33. The number of ether oxygens (including phenoxy) is 1. The Labute approximate surface area is 123 Å². The summed E-state index contributed by atoms with van der Waals surface area (Å²) in [6.45, 7) is 0.951. The molecule has 0 spiro atoms. The second-order valence-electron chi connectivity index (χ2n) is 5.04. The lowest BCUT2D eigenvalue weighted by molar-refractivity contribution is 0.0816. The van der Waals surface area contributed by atoms with Gasteiger partial charge >= 0.3 is 0 Å². The number of hydrogen-bond donors (Lipinski definition) is 0. The van der Waals surface area contributed by atoms with Crippen LogP contribution in [0.5, 0.6) is 5.75 Å². The second-order valence-corrected chi connectivity index (χ2v) is 5.04. The highest BCUT2D eigenvalue weighted by atomic mass is 16.5. The van der Waals surface area contributed by atoms with Crippen LogP contribution in [0, 0.1) is 11.3 Å². The summed E-state index contributed by atoms with van der Waals surface area (Å²) in [6, 6.07) is 15.0. The fourth-order valence-electron chi connectivity index (χ4n) is 2.45. The lowest BCUT2D eigenvalue weighted by Crippen LogP contribution is -2.17. The van der Waals surface area contributed by atoms with Gasteiger partial charge in [0, 0.05) is 24.7 Å². The van der Waals surface area contributed by atoms with Crippen LogP contribution in [-0.2, 0) is 13.2 Å². The van der Waals surface area contributed by atoms with Crippen LogP contribution in [0.15, 0.2) is 42.5 Å². The smallest absolute Gasteiger partial charge is 0.254 e. The number of amides is 1. The number of nitriles is 1. The predicted molar refractivity (Wildman–Crippen MR) is 77.7 cm³/mol. The number of carbonyl (C=O) groups is 1. The predicted octanol–water partition coefficient (Wildman–Crippen LogP) is 2.72.